The van der Waals surface area contributed by atoms with Gasteiger partial charge in [-0.25, -0.2) is 13.8 Å². The summed E-state index contributed by atoms with van der Waals surface area (Å²) < 4.78 is 62.5. The first-order valence-corrected chi connectivity index (χ1v) is 3.38. The van der Waals surface area contributed by atoms with Crippen LogP contribution in [0.3, 0.4) is 0 Å². The van der Waals surface area contributed by atoms with Crippen LogP contribution in [0.2, 0.25) is 0 Å². The molecule has 1 heterocycles. The Morgan fingerprint density at radius 3 is 2.19 bits per heavy atom. The van der Waals surface area contributed by atoms with Crippen LogP contribution in [0.25, 0.3) is 0 Å². The van der Waals surface area contributed by atoms with E-state index in [4.69, 9.17) is 0 Å². The number of halogens is 5. The molecule has 0 saturated heterocycles. The normalized spacial score (nSPS) is 10.8. The van der Waals surface area contributed by atoms with Gasteiger partial charge in [0.15, 0.2) is 17.3 Å². The number of aliphatic carboxylic acids is 1. The summed E-state index contributed by atoms with van der Waals surface area (Å²) in [5, 5.41) is 9.89. The Kier molecular flexibility index (Phi) is 4.46. The number of carboxylic acid groups (broad SMARTS) is 1. The number of hydrogen-bond acceptors (Lipinski definition) is 3. The van der Waals surface area contributed by atoms with Gasteiger partial charge in [-0.1, -0.05) is 0 Å². The van der Waals surface area contributed by atoms with Crippen LogP contribution in [0.4, 0.5) is 22.0 Å². The van der Waals surface area contributed by atoms with E-state index < -0.39 is 35.2 Å². The van der Waals surface area contributed by atoms with Gasteiger partial charge in [0.25, 0.3) is 0 Å². The maximum atomic E-state index is 12.6. The van der Waals surface area contributed by atoms with Crippen molar-refractivity contribution in [2.24, 2.45) is 0 Å². The molecule has 0 aliphatic rings. The molecule has 0 radical (unpaired) electrons. The molecular weight excluding hydrogens is 232 g/mol. The third kappa shape index (κ3) is 2.51. The fourth-order valence-electron chi connectivity index (χ4n) is 0.761. The van der Waals surface area contributed by atoms with Gasteiger partial charge < -0.3 is 9.90 Å². The summed E-state index contributed by atoms with van der Waals surface area (Å²) in [6.45, 7) is 0. The smallest absolute Gasteiger partial charge is 0.544 e. The van der Waals surface area contributed by atoms with E-state index in [1.54, 1.807) is 0 Å². The maximum absolute atomic E-state index is 12.6. The summed E-state index contributed by atoms with van der Waals surface area (Å²) in [6, 6.07) is -0.228. The van der Waals surface area contributed by atoms with E-state index in [0.717, 1.165) is 0 Å². The Bertz CT molecular complexity index is 425. The van der Waals surface area contributed by atoms with Crippen molar-refractivity contribution in [1.29, 1.82) is 0 Å². The predicted octanol–water partition coefficient (Wildman–Crippen LogP) is -2.66. The molecule has 0 N–H and O–H groups in total. The first-order valence-electron chi connectivity index (χ1n) is 3.38. The number of hydrogen-bond donors (Lipinski definition) is 0. The van der Waals surface area contributed by atoms with Crippen LogP contribution in [-0.4, -0.2) is 11.0 Å². The molecular formula is C7HF5LiNO2. The third-order valence-corrected chi connectivity index (χ3v) is 1.44. The fraction of sp³-hybridized carbons (Fsp3) is 0.143. The summed E-state index contributed by atoms with van der Waals surface area (Å²) in [5.74, 6) is -13.6. The molecule has 0 spiro atoms. The van der Waals surface area contributed by atoms with Crippen LogP contribution in [-0.2, 0) is 10.7 Å². The molecule has 3 nitrogen and oxygen atoms in total. The van der Waals surface area contributed by atoms with Gasteiger partial charge in [-0.3, -0.25) is 0 Å². The Morgan fingerprint density at radius 2 is 1.75 bits per heavy atom. The second kappa shape index (κ2) is 4.80. The number of aromatic nitrogens is 1. The van der Waals surface area contributed by atoms with Gasteiger partial charge in [-0.05, 0) is 0 Å². The van der Waals surface area contributed by atoms with Gasteiger partial charge in [0.2, 0.25) is 5.95 Å². The second-order valence-electron chi connectivity index (χ2n) is 2.45. The van der Waals surface area contributed by atoms with E-state index >= 15 is 0 Å². The molecule has 0 saturated carbocycles. The molecule has 1 aromatic rings. The van der Waals surface area contributed by atoms with Crippen molar-refractivity contribution in [3.05, 3.63) is 29.3 Å². The van der Waals surface area contributed by atoms with Gasteiger partial charge in [0.1, 0.15) is 5.97 Å². The van der Waals surface area contributed by atoms with E-state index in [1.807, 2.05) is 0 Å². The number of carboxylic acids is 1. The summed E-state index contributed by atoms with van der Waals surface area (Å²) in [4.78, 5) is 12.1. The quantitative estimate of drug-likeness (QED) is 0.318. The molecule has 0 bridgehead atoms. The monoisotopic (exact) mass is 233 g/mol. The van der Waals surface area contributed by atoms with Gasteiger partial charge in [0.05, 0.1) is 0 Å². The minimum atomic E-state index is -4.82. The summed E-state index contributed by atoms with van der Waals surface area (Å²) >= 11 is 0. The molecule has 0 amide bonds. The summed E-state index contributed by atoms with van der Waals surface area (Å²) in [5.41, 5.74) is -2.03. The molecule has 0 unspecified atom stereocenters. The van der Waals surface area contributed by atoms with Crippen molar-refractivity contribution >= 4 is 5.97 Å². The van der Waals surface area contributed by atoms with Crippen LogP contribution < -0.4 is 24.0 Å². The van der Waals surface area contributed by atoms with E-state index in [-0.39, 0.29) is 24.9 Å². The number of rotatable bonds is 2. The SMILES string of the molecule is O=C([O-])C(F)(F)c1nc(F)c(F)cc1F.[Li+]. The Hall–Kier alpha value is -1.13. The largest absolute Gasteiger partial charge is 1.00 e. The Morgan fingerprint density at radius 1 is 1.25 bits per heavy atom. The zero-order chi connectivity index (χ0) is 11.8. The molecule has 9 heteroatoms. The van der Waals surface area contributed by atoms with Crippen LogP contribution in [0.1, 0.15) is 5.69 Å². The zero-order valence-electron chi connectivity index (χ0n) is 7.73. The molecule has 1 aromatic heterocycles. The Labute approximate surface area is 97.5 Å². The average Bonchev–Trinajstić information content (AvgIpc) is 2.10. The van der Waals surface area contributed by atoms with Gasteiger partial charge in [0, 0.05) is 6.07 Å². The predicted molar refractivity (Wildman–Crippen MR) is 33.0 cm³/mol. The molecule has 0 aliphatic carbocycles. The van der Waals surface area contributed by atoms with E-state index in [2.05, 4.69) is 4.98 Å². The number of alkyl halides is 2. The molecule has 0 aliphatic heterocycles. The molecule has 0 fully saturated rings. The molecule has 0 atom stereocenters. The van der Waals surface area contributed by atoms with Gasteiger partial charge >= 0.3 is 24.8 Å². The van der Waals surface area contributed by atoms with Gasteiger partial charge in [-0.15, -0.1) is 0 Å². The van der Waals surface area contributed by atoms with E-state index in [1.165, 1.54) is 0 Å². The molecule has 16 heavy (non-hydrogen) atoms. The minimum absolute atomic E-state index is 0. The fourth-order valence-corrected chi connectivity index (χ4v) is 0.761. The van der Waals surface area contributed by atoms with E-state index in [9.17, 15) is 31.9 Å². The van der Waals surface area contributed by atoms with Crippen LogP contribution in [0.5, 0.6) is 0 Å². The summed E-state index contributed by atoms with van der Waals surface area (Å²) in [7, 11) is 0. The van der Waals surface area contributed by atoms with Crippen LogP contribution >= 0.6 is 0 Å². The van der Waals surface area contributed by atoms with Crippen molar-refractivity contribution in [2.45, 2.75) is 5.92 Å². The number of pyridine rings is 1. The maximum Gasteiger partial charge on any atom is 1.00 e. The van der Waals surface area contributed by atoms with Crippen molar-refractivity contribution in [1.82, 2.24) is 4.98 Å². The first kappa shape index (κ1) is 14.9. The average molecular weight is 233 g/mol. The number of nitrogens with zero attached hydrogens (tertiary/aromatic N) is 1. The summed E-state index contributed by atoms with van der Waals surface area (Å²) in [6.07, 6.45) is 0. The molecule has 1 rings (SSSR count). The number of carbonyl (C=O) groups is 1. The number of carbonyl (C=O) groups excluding carboxylic acids is 1. The standard InChI is InChI=1S/C7H2F5NO2.Li/c8-2-1-3(9)5(10)13-4(2)7(11,12)6(14)15;/h1H,(H,14,15);/q;+1/p-1. The van der Waals surface area contributed by atoms with Crippen molar-refractivity contribution in [3.63, 3.8) is 0 Å². The van der Waals surface area contributed by atoms with E-state index in [0.29, 0.717) is 0 Å². The minimum Gasteiger partial charge on any atom is -0.544 e. The third-order valence-electron chi connectivity index (χ3n) is 1.44. The second-order valence-corrected chi connectivity index (χ2v) is 2.45. The van der Waals surface area contributed by atoms with Crippen LogP contribution in [0.15, 0.2) is 6.07 Å². The topological polar surface area (TPSA) is 53.0 Å². The van der Waals surface area contributed by atoms with Crippen molar-refractivity contribution in [3.8, 4) is 0 Å². The zero-order valence-corrected chi connectivity index (χ0v) is 7.73. The van der Waals surface area contributed by atoms with Crippen LogP contribution in [0, 0.1) is 17.6 Å². The molecule has 82 valence electrons. The van der Waals surface area contributed by atoms with Crippen molar-refractivity contribution < 1.29 is 50.7 Å². The Balaban J connectivity index is 0.00000225. The van der Waals surface area contributed by atoms with Crippen molar-refractivity contribution in [2.75, 3.05) is 0 Å². The van der Waals surface area contributed by atoms with Gasteiger partial charge in [-0.2, -0.15) is 13.2 Å². The first-order chi connectivity index (χ1) is 6.76. The molecule has 0 aromatic carbocycles.